The molecule has 2 aromatic carbocycles. The third-order valence-electron chi connectivity index (χ3n) is 6.35. The number of hydrogen-bond donors (Lipinski definition) is 2. The number of fused-ring (bicyclic) bond motifs is 3. The molecule has 3 N–H and O–H groups in total. The largest absolute Gasteiger partial charge is 0.481 e. The summed E-state index contributed by atoms with van der Waals surface area (Å²) in [5.74, 6) is -1.55. The fraction of sp³-hybridized carbons (Fsp3) is 0.360. The Morgan fingerprint density at radius 1 is 1.18 bits per heavy atom. The number of carboxylic acid groups (broad SMARTS) is 1. The molecule has 0 saturated heterocycles. The van der Waals surface area contributed by atoms with Crippen LogP contribution in [0.3, 0.4) is 0 Å². The van der Waals surface area contributed by atoms with E-state index in [1.807, 2.05) is 12.1 Å². The van der Waals surface area contributed by atoms with Crippen LogP contribution in [0.4, 0.5) is 0 Å². The van der Waals surface area contributed by atoms with E-state index in [1.54, 1.807) is 30.3 Å². The van der Waals surface area contributed by atoms with Crippen molar-refractivity contribution in [2.75, 3.05) is 12.9 Å². The molecular weight excluding hydrogens is 456 g/mol. The van der Waals surface area contributed by atoms with Crippen LogP contribution >= 0.6 is 0 Å². The average molecular weight is 485 g/mol. The van der Waals surface area contributed by atoms with Crippen LogP contribution in [0.15, 0.2) is 47.4 Å². The Labute approximate surface area is 198 Å². The van der Waals surface area contributed by atoms with Crippen molar-refractivity contribution >= 4 is 32.6 Å². The molecule has 3 aromatic rings. The molecule has 1 atom stereocenters. The molecule has 8 nitrogen and oxygen atoms in total. The third-order valence-corrected chi connectivity index (χ3v) is 7.46. The van der Waals surface area contributed by atoms with Crippen LogP contribution in [0, 0.1) is 0 Å². The van der Waals surface area contributed by atoms with Crippen molar-refractivity contribution in [1.82, 2.24) is 4.57 Å². The van der Waals surface area contributed by atoms with Crippen molar-refractivity contribution in [2.24, 2.45) is 5.73 Å². The number of carbonyl (C=O) groups excluding carboxylic acids is 1. The number of nitrogens with two attached hydrogens (primary N) is 1. The number of hydrogen-bond acceptors (Lipinski definition) is 5. The second-order valence-corrected chi connectivity index (χ2v) is 10.7. The Morgan fingerprint density at radius 3 is 2.65 bits per heavy atom. The van der Waals surface area contributed by atoms with Gasteiger partial charge in [-0.15, -0.1) is 0 Å². The predicted octanol–water partition coefficient (Wildman–Crippen LogP) is 3.05. The number of rotatable bonds is 8. The van der Waals surface area contributed by atoms with E-state index in [0.717, 1.165) is 47.0 Å². The van der Waals surface area contributed by atoms with Gasteiger partial charge in [0.15, 0.2) is 16.4 Å². The number of primary amides is 1. The lowest BCUT2D eigenvalue weighted by atomic mass is 9.92. The molecule has 4 rings (SSSR count). The molecule has 180 valence electrons. The molecule has 1 heterocycles. The SMILES string of the molecule is CS(=O)(=O)c1cccc(CCn2c3c(c4c(OCC(=O)O)cccc42)C(C(N)=O)CCCC3)c1. The van der Waals surface area contributed by atoms with Gasteiger partial charge in [-0.1, -0.05) is 24.6 Å². The highest BCUT2D eigenvalue weighted by atomic mass is 32.2. The summed E-state index contributed by atoms with van der Waals surface area (Å²) in [6.07, 6.45) is 4.93. The number of ether oxygens (including phenoxy) is 1. The number of carboxylic acids is 1. The zero-order chi connectivity index (χ0) is 24.5. The summed E-state index contributed by atoms with van der Waals surface area (Å²) in [5, 5.41) is 9.85. The number of aliphatic carboxylic acids is 1. The Hall–Kier alpha value is -3.33. The number of amides is 1. The van der Waals surface area contributed by atoms with Gasteiger partial charge >= 0.3 is 5.97 Å². The number of carbonyl (C=O) groups is 2. The Bertz CT molecular complexity index is 1360. The van der Waals surface area contributed by atoms with Crippen LogP contribution in [0.25, 0.3) is 10.9 Å². The van der Waals surface area contributed by atoms with Gasteiger partial charge in [-0.3, -0.25) is 4.79 Å². The lowest BCUT2D eigenvalue weighted by Gasteiger charge is -2.14. The van der Waals surface area contributed by atoms with Crippen molar-refractivity contribution in [3.8, 4) is 5.75 Å². The molecule has 1 amide bonds. The first kappa shape index (κ1) is 23.8. The predicted molar refractivity (Wildman–Crippen MR) is 128 cm³/mol. The van der Waals surface area contributed by atoms with E-state index in [0.29, 0.717) is 25.1 Å². The first-order valence-corrected chi connectivity index (χ1v) is 13.1. The number of aromatic nitrogens is 1. The van der Waals surface area contributed by atoms with Gasteiger partial charge < -0.3 is 20.1 Å². The molecule has 34 heavy (non-hydrogen) atoms. The maximum atomic E-state index is 12.4. The Balaban J connectivity index is 1.82. The second kappa shape index (κ2) is 9.50. The first-order chi connectivity index (χ1) is 16.2. The van der Waals surface area contributed by atoms with Crippen LogP contribution in [0.1, 0.15) is 42.0 Å². The summed E-state index contributed by atoms with van der Waals surface area (Å²) < 4.78 is 31.7. The summed E-state index contributed by atoms with van der Waals surface area (Å²) in [7, 11) is -3.31. The molecule has 0 spiro atoms. The minimum atomic E-state index is -3.31. The third kappa shape index (κ3) is 4.79. The lowest BCUT2D eigenvalue weighted by molar-refractivity contribution is -0.139. The fourth-order valence-electron chi connectivity index (χ4n) is 4.85. The summed E-state index contributed by atoms with van der Waals surface area (Å²) >= 11 is 0. The molecule has 1 aliphatic carbocycles. The maximum absolute atomic E-state index is 12.4. The zero-order valence-electron chi connectivity index (χ0n) is 19.0. The highest BCUT2D eigenvalue weighted by Crippen LogP contribution is 2.42. The van der Waals surface area contributed by atoms with Gasteiger partial charge in [0.2, 0.25) is 5.91 Å². The molecular formula is C25H28N2O6S. The van der Waals surface area contributed by atoms with Gasteiger partial charge in [-0.2, -0.15) is 0 Å². The van der Waals surface area contributed by atoms with Crippen LogP contribution in [-0.2, 0) is 38.8 Å². The smallest absolute Gasteiger partial charge is 0.341 e. The maximum Gasteiger partial charge on any atom is 0.341 e. The van der Waals surface area contributed by atoms with Gasteiger partial charge in [-0.05, 0) is 61.1 Å². The van der Waals surface area contributed by atoms with Gasteiger partial charge in [0.1, 0.15) is 5.75 Å². The van der Waals surface area contributed by atoms with Gasteiger partial charge in [-0.25, -0.2) is 13.2 Å². The number of benzene rings is 2. The minimum absolute atomic E-state index is 0.277. The Morgan fingerprint density at radius 2 is 1.94 bits per heavy atom. The number of sulfone groups is 1. The van der Waals surface area contributed by atoms with E-state index in [4.69, 9.17) is 15.6 Å². The highest BCUT2D eigenvalue weighted by Gasteiger charge is 2.31. The van der Waals surface area contributed by atoms with Gasteiger partial charge in [0, 0.05) is 23.9 Å². The zero-order valence-corrected chi connectivity index (χ0v) is 19.8. The fourth-order valence-corrected chi connectivity index (χ4v) is 5.54. The topological polar surface area (TPSA) is 129 Å². The normalized spacial score (nSPS) is 16.1. The molecule has 1 unspecified atom stereocenters. The molecule has 0 bridgehead atoms. The quantitative estimate of drug-likeness (QED) is 0.473. The first-order valence-electron chi connectivity index (χ1n) is 11.2. The van der Waals surface area contributed by atoms with E-state index in [2.05, 4.69) is 4.57 Å². The molecule has 1 aliphatic rings. The number of nitrogens with zero attached hydrogens (tertiary/aromatic N) is 1. The minimum Gasteiger partial charge on any atom is -0.481 e. The lowest BCUT2D eigenvalue weighted by Crippen LogP contribution is -2.21. The van der Waals surface area contributed by atoms with Crippen LogP contribution in [0.5, 0.6) is 5.75 Å². The van der Waals surface area contributed by atoms with Crippen molar-refractivity contribution in [3.05, 3.63) is 59.3 Å². The van der Waals surface area contributed by atoms with Crippen molar-refractivity contribution in [2.45, 2.75) is 49.5 Å². The van der Waals surface area contributed by atoms with Crippen molar-refractivity contribution in [3.63, 3.8) is 0 Å². The van der Waals surface area contributed by atoms with Crippen LogP contribution in [0.2, 0.25) is 0 Å². The van der Waals surface area contributed by atoms with E-state index < -0.39 is 34.2 Å². The van der Waals surface area contributed by atoms with Crippen LogP contribution < -0.4 is 10.5 Å². The van der Waals surface area contributed by atoms with E-state index in [9.17, 15) is 18.0 Å². The van der Waals surface area contributed by atoms with Crippen molar-refractivity contribution in [1.29, 1.82) is 0 Å². The van der Waals surface area contributed by atoms with Gasteiger partial charge in [0.05, 0.1) is 16.3 Å². The Kier molecular flexibility index (Phi) is 6.65. The molecule has 1 aromatic heterocycles. The molecule has 0 aliphatic heterocycles. The van der Waals surface area contributed by atoms with Crippen LogP contribution in [-0.4, -0.2) is 42.8 Å². The molecule has 0 radical (unpaired) electrons. The summed E-state index contributed by atoms with van der Waals surface area (Å²) in [6, 6.07) is 12.4. The molecule has 0 saturated carbocycles. The monoisotopic (exact) mass is 484 g/mol. The van der Waals surface area contributed by atoms with Crippen molar-refractivity contribution < 1.29 is 27.9 Å². The van der Waals surface area contributed by atoms with Gasteiger partial charge in [0.25, 0.3) is 0 Å². The summed E-state index contributed by atoms with van der Waals surface area (Å²) in [4.78, 5) is 23.8. The van der Waals surface area contributed by atoms with E-state index in [1.165, 1.54) is 6.26 Å². The average Bonchev–Trinajstić information content (AvgIpc) is 2.93. The standard InChI is InChI=1S/C25H28N2O6S/c1-34(31,32)17-7-4-6-16(14-17)12-13-27-19-9-3-2-8-18(25(26)30)23(19)24-20(27)10-5-11-21(24)33-15-22(28)29/h4-7,10-11,14,18H,2-3,8-9,12-13,15H2,1H3,(H2,26,30)(H,28,29). The summed E-state index contributed by atoms with van der Waals surface area (Å²) in [5.41, 5.74) is 9.37. The summed E-state index contributed by atoms with van der Waals surface area (Å²) in [6.45, 7) is 0.0749. The number of aryl methyl sites for hydroxylation is 2. The van der Waals surface area contributed by atoms with E-state index in [-0.39, 0.29) is 4.90 Å². The molecule has 0 fully saturated rings. The highest BCUT2D eigenvalue weighted by molar-refractivity contribution is 7.90. The molecule has 9 heteroatoms. The van der Waals surface area contributed by atoms with E-state index >= 15 is 0 Å². The second-order valence-electron chi connectivity index (χ2n) is 8.72.